The van der Waals surface area contributed by atoms with Crippen molar-refractivity contribution in [2.45, 2.75) is 18.8 Å². The molecule has 1 aliphatic rings. The molecule has 0 saturated carbocycles. The lowest BCUT2D eigenvalue weighted by molar-refractivity contribution is 0.0940. The van der Waals surface area contributed by atoms with Gasteiger partial charge in [-0.2, -0.15) is 0 Å². The summed E-state index contributed by atoms with van der Waals surface area (Å²) in [5.74, 6) is 1.04. The van der Waals surface area contributed by atoms with Gasteiger partial charge in [0.05, 0.1) is 0 Å². The van der Waals surface area contributed by atoms with Gasteiger partial charge in [0.15, 0.2) is 0 Å². The fraction of sp³-hybridized carbons (Fsp3) is 0.333. The normalized spacial score (nSPS) is 17.4. The van der Waals surface area contributed by atoms with Gasteiger partial charge in [-0.05, 0) is 43.0 Å². The van der Waals surface area contributed by atoms with Crippen LogP contribution in [0.3, 0.4) is 0 Å². The van der Waals surface area contributed by atoms with Crippen LogP contribution in [0.1, 0.15) is 34.8 Å². The Kier molecular flexibility index (Phi) is 5.72. The molecule has 0 aliphatic carbocycles. The van der Waals surface area contributed by atoms with Gasteiger partial charge in [0.25, 0.3) is 5.91 Å². The minimum absolute atomic E-state index is 0.161. The number of pyridine rings is 1. The zero-order chi connectivity index (χ0) is 19.2. The SMILES string of the molecule is O=C(NCCN1CCCC(c2ccccc2)C1)c1cccc(-n2cnnc2)n1. The third-order valence-electron chi connectivity index (χ3n) is 5.14. The summed E-state index contributed by atoms with van der Waals surface area (Å²) in [6, 6.07) is 16.0. The van der Waals surface area contributed by atoms with Crippen LogP contribution < -0.4 is 5.32 Å². The van der Waals surface area contributed by atoms with Crippen LogP contribution in [0.5, 0.6) is 0 Å². The summed E-state index contributed by atoms with van der Waals surface area (Å²) in [6.07, 6.45) is 5.54. The van der Waals surface area contributed by atoms with Crippen molar-refractivity contribution in [3.05, 3.63) is 72.4 Å². The second-order valence-corrected chi connectivity index (χ2v) is 7.06. The second-order valence-electron chi connectivity index (χ2n) is 7.06. The van der Waals surface area contributed by atoms with Crippen LogP contribution in [0.2, 0.25) is 0 Å². The van der Waals surface area contributed by atoms with Gasteiger partial charge in [-0.1, -0.05) is 36.4 Å². The van der Waals surface area contributed by atoms with E-state index < -0.39 is 0 Å². The molecule has 1 atom stereocenters. The van der Waals surface area contributed by atoms with E-state index in [9.17, 15) is 4.79 Å². The monoisotopic (exact) mass is 376 g/mol. The maximum absolute atomic E-state index is 12.5. The highest BCUT2D eigenvalue weighted by Gasteiger charge is 2.21. The van der Waals surface area contributed by atoms with E-state index in [2.05, 4.69) is 55.7 Å². The Morgan fingerprint density at radius 1 is 1.07 bits per heavy atom. The van der Waals surface area contributed by atoms with Crippen LogP contribution in [-0.2, 0) is 0 Å². The molecule has 0 spiro atoms. The Bertz CT molecular complexity index is 896. The van der Waals surface area contributed by atoms with Crippen LogP contribution in [0, 0.1) is 0 Å². The number of nitrogens with zero attached hydrogens (tertiary/aromatic N) is 5. The molecular formula is C21H24N6O. The molecule has 2 aromatic heterocycles. The summed E-state index contributed by atoms with van der Waals surface area (Å²) in [5.41, 5.74) is 1.80. The molecule has 0 bridgehead atoms. The Morgan fingerprint density at radius 3 is 2.71 bits per heavy atom. The van der Waals surface area contributed by atoms with E-state index >= 15 is 0 Å². The highest BCUT2D eigenvalue weighted by Crippen LogP contribution is 2.26. The number of nitrogens with one attached hydrogen (secondary N) is 1. The third kappa shape index (κ3) is 4.43. The standard InChI is InChI=1S/C21H24N6O/c28-21(19-9-4-10-20(25-19)27-15-23-24-16-27)22-11-13-26-12-5-8-18(14-26)17-6-2-1-3-7-17/h1-4,6-7,9-10,15-16,18H,5,8,11-14H2,(H,22,28). The van der Waals surface area contributed by atoms with Crippen molar-refractivity contribution < 1.29 is 4.79 Å². The number of rotatable bonds is 6. The molecule has 0 radical (unpaired) electrons. The smallest absolute Gasteiger partial charge is 0.270 e. The molecule has 7 heteroatoms. The topological polar surface area (TPSA) is 75.9 Å². The predicted molar refractivity (Wildman–Crippen MR) is 106 cm³/mol. The minimum Gasteiger partial charge on any atom is -0.349 e. The lowest BCUT2D eigenvalue weighted by Crippen LogP contribution is -2.40. The van der Waals surface area contributed by atoms with Crippen LogP contribution in [0.15, 0.2) is 61.2 Å². The van der Waals surface area contributed by atoms with Gasteiger partial charge in [0.2, 0.25) is 0 Å². The molecule has 1 unspecified atom stereocenters. The van der Waals surface area contributed by atoms with Crippen molar-refractivity contribution >= 4 is 5.91 Å². The molecule has 3 aromatic rings. The van der Waals surface area contributed by atoms with E-state index in [-0.39, 0.29) is 5.91 Å². The van der Waals surface area contributed by atoms with Gasteiger partial charge in [0, 0.05) is 19.6 Å². The van der Waals surface area contributed by atoms with Gasteiger partial charge >= 0.3 is 0 Å². The molecule has 28 heavy (non-hydrogen) atoms. The van der Waals surface area contributed by atoms with E-state index in [0.29, 0.717) is 24.0 Å². The Hall–Kier alpha value is -3.06. The highest BCUT2D eigenvalue weighted by atomic mass is 16.1. The van der Waals surface area contributed by atoms with Crippen molar-refractivity contribution in [1.82, 2.24) is 30.0 Å². The molecule has 1 fully saturated rings. The lowest BCUT2D eigenvalue weighted by Gasteiger charge is -2.33. The summed E-state index contributed by atoms with van der Waals surface area (Å²) >= 11 is 0. The van der Waals surface area contributed by atoms with Crippen LogP contribution in [-0.4, -0.2) is 56.7 Å². The molecule has 1 saturated heterocycles. The van der Waals surface area contributed by atoms with Gasteiger partial charge in [-0.3, -0.25) is 9.36 Å². The Labute approximate surface area is 164 Å². The summed E-state index contributed by atoms with van der Waals surface area (Å²) < 4.78 is 1.67. The van der Waals surface area contributed by atoms with Crippen molar-refractivity contribution in [2.24, 2.45) is 0 Å². The minimum atomic E-state index is -0.161. The number of hydrogen-bond donors (Lipinski definition) is 1. The second kappa shape index (κ2) is 8.75. The molecule has 3 heterocycles. The predicted octanol–water partition coefficient (Wildman–Crippen LogP) is 2.27. The van der Waals surface area contributed by atoms with Gasteiger partial charge in [-0.15, -0.1) is 10.2 Å². The van der Waals surface area contributed by atoms with Crippen molar-refractivity contribution in [3.63, 3.8) is 0 Å². The summed E-state index contributed by atoms with van der Waals surface area (Å²) in [6.45, 7) is 3.58. The number of amides is 1. The first-order chi connectivity index (χ1) is 13.8. The Balaban J connectivity index is 1.29. The number of carbonyl (C=O) groups is 1. The quantitative estimate of drug-likeness (QED) is 0.714. The van der Waals surface area contributed by atoms with E-state index in [4.69, 9.17) is 0 Å². The van der Waals surface area contributed by atoms with E-state index in [1.807, 2.05) is 12.1 Å². The molecule has 1 amide bonds. The molecule has 1 aliphatic heterocycles. The van der Waals surface area contributed by atoms with Crippen molar-refractivity contribution in [3.8, 4) is 5.82 Å². The number of hydrogen-bond acceptors (Lipinski definition) is 5. The number of carbonyl (C=O) groups excluding carboxylic acids is 1. The van der Waals surface area contributed by atoms with Gasteiger partial charge in [-0.25, -0.2) is 4.98 Å². The van der Waals surface area contributed by atoms with Gasteiger partial charge in [0.1, 0.15) is 24.2 Å². The number of benzene rings is 1. The van der Waals surface area contributed by atoms with Gasteiger partial charge < -0.3 is 10.2 Å². The summed E-state index contributed by atoms with van der Waals surface area (Å²) in [5, 5.41) is 10.5. The maximum atomic E-state index is 12.5. The lowest BCUT2D eigenvalue weighted by atomic mass is 9.91. The van der Waals surface area contributed by atoms with Crippen molar-refractivity contribution in [2.75, 3.05) is 26.2 Å². The fourth-order valence-electron chi connectivity index (χ4n) is 3.69. The summed E-state index contributed by atoms with van der Waals surface area (Å²) in [4.78, 5) is 19.3. The average Bonchev–Trinajstić information content (AvgIpc) is 3.30. The van der Waals surface area contributed by atoms with Crippen molar-refractivity contribution in [1.29, 1.82) is 0 Å². The zero-order valence-corrected chi connectivity index (χ0v) is 15.7. The third-order valence-corrected chi connectivity index (χ3v) is 5.14. The first-order valence-electron chi connectivity index (χ1n) is 9.67. The molecule has 144 valence electrons. The van der Waals surface area contributed by atoms with E-state index in [1.165, 1.54) is 18.4 Å². The molecule has 1 N–H and O–H groups in total. The molecular weight excluding hydrogens is 352 g/mol. The number of piperidine rings is 1. The summed E-state index contributed by atoms with van der Waals surface area (Å²) in [7, 11) is 0. The molecule has 7 nitrogen and oxygen atoms in total. The Morgan fingerprint density at radius 2 is 1.89 bits per heavy atom. The maximum Gasteiger partial charge on any atom is 0.270 e. The molecule has 4 rings (SSSR count). The number of aromatic nitrogens is 4. The largest absolute Gasteiger partial charge is 0.349 e. The molecule has 1 aromatic carbocycles. The van der Waals surface area contributed by atoms with Crippen LogP contribution >= 0.6 is 0 Å². The van der Waals surface area contributed by atoms with E-state index in [1.54, 1.807) is 23.3 Å². The first kappa shape index (κ1) is 18.3. The average molecular weight is 376 g/mol. The first-order valence-corrected chi connectivity index (χ1v) is 9.67. The van der Waals surface area contributed by atoms with Crippen LogP contribution in [0.4, 0.5) is 0 Å². The highest BCUT2D eigenvalue weighted by molar-refractivity contribution is 5.92. The fourth-order valence-corrected chi connectivity index (χ4v) is 3.69. The van der Waals surface area contributed by atoms with E-state index in [0.717, 1.165) is 19.6 Å². The zero-order valence-electron chi connectivity index (χ0n) is 15.7. The number of likely N-dealkylation sites (tertiary alicyclic amines) is 1. The van der Waals surface area contributed by atoms with Crippen LogP contribution in [0.25, 0.3) is 5.82 Å².